The Morgan fingerprint density at radius 1 is 1.30 bits per heavy atom. The average Bonchev–Trinajstić information content (AvgIpc) is 3.25. The van der Waals surface area contributed by atoms with E-state index in [0.717, 1.165) is 5.57 Å². The molecule has 4 saturated heterocycles. The van der Waals surface area contributed by atoms with Crippen molar-refractivity contribution in [3.05, 3.63) is 12.2 Å². The molecular formula is C25H37F2NO9. The third-order valence-electron chi connectivity index (χ3n) is 8.38. The fourth-order valence-electron chi connectivity index (χ4n) is 5.47. The van der Waals surface area contributed by atoms with Crippen molar-refractivity contribution in [3.63, 3.8) is 0 Å². The largest absolute Gasteiger partial charge is 0.462 e. The zero-order valence-electron chi connectivity index (χ0n) is 21.8. The highest BCUT2D eigenvalue weighted by Gasteiger charge is 2.67. The molecule has 37 heavy (non-hydrogen) atoms. The van der Waals surface area contributed by atoms with Gasteiger partial charge in [-0.05, 0) is 13.3 Å². The standard InChI is InChI=1S/C25H37F2NO9/c1-12-10-24(32-6,37-14(3)13(12)2)19(30)21(31)28-22-18-20(33-11-34-22)25(26,27)23(4,5)16(36-18)9-15-7-8-17(29)35-15/h13-16,18-20,22,30H,1,7-11H2,2-6H3,(H,28,31)/t13?,14?,15?,16?,18-,19?,20-,22?,24+/m0/s1. The molecule has 2 N–H and O–H groups in total. The van der Waals surface area contributed by atoms with Crippen LogP contribution in [0.5, 0.6) is 0 Å². The number of ether oxygens (including phenoxy) is 6. The topological polar surface area (TPSA) is 122 Å². The lowest BCUT2D eigenvalue weighted by atomic mass is 9.71. The normalized spacial score (nSPS) is 42.0. The van der Waals surface area contributed by atoms with Gasteiger partial charge in [-0.15, -0.1) is 0 Å². The molecule has 4 aliphatic heterocycles. The first-order valence-electron chi connectivity index (χ1n) is 12.6. The highest BCUT2D eigenvalue weighted by atomic mass is 19.3. The summed E-state index contributed by atoms with van der Waals surface area (Å²) < 4.78 is 64.9. The zero-order valence-corrected chi connectivity index (χ0v) is 21.8. The smallest absolute Gasteiger partial charge is 0.306 e. The lowest BCUT2D eigenvalue weighted by Crippen LogP contribution is -2.71. The Balaban J connectivity index is 1.52. The first kappa shape index (κ1) is 28.3. The van der Waals surface area contributed by atoms with Crippen molar-refractivity contribution in [1.82, 2.24) is 5.32 Å². The lowest BCUT2D eigenvalue weighted by Gasteiger charge is -2.54. The Labute approximate surface area is 214 Å². The maximum absolute atomic E-state index is 15.7. The molecular weight excluding hydrogens is 496 g/mol. The SMILES string of the molecule is C=C1C[C@](OC)(C(O)C(=O)NC2OCO[C@H]3[C@@H]2OC(CC2CCC(=O)O2)C(C)(C)C3(F)F)OC(C)C1C. The van der Waals surface area contributed by atoms with E-state index >= 15 is 8.78 Å². The van der Waals surface area contributed by atoms with Crippen molar-refractivity contribution >= 4 is 11.9 Å². The van der Waals surface area contributed by atoms with E-state index in [1.54, 1.807) is 6.92 Å². The Bertz CT molecular complexity index is 915. The minimum Gasteiger partial charge on any atom is -0.462 e. The Hall–Kier alpha value is -1.70. The fraction of sp³-hybridized carbons (Fsp3) is 0.840. The van der Waals surface area contributed by atoms with Gasteiger partial charge in [-0.3, -0.25) is 9.59 Å². The number of carbonyl (C=O) groups excluding carboxylic acids is 2. The van der Waals surface area contributed by atoms with Gasteiger partial charge in [-0.1, -0.05) is 32.9 Å². The highest BCUT2D eigenvalue weighted by molar-refractivity contribution is 5.82. The van der Waals surface area contributed by atoms with Gasteiger partial charge < -0.3 is 38.8 Å². The van der Waals surface area contributed by atoms with Crippen molar-refractivity contribution in [1.29, 1.82) is 0 Å². The predicted molar refractivity (Wildman–Crippen MR) is 123 cm³/mol. The van der Waals surface area contributed by atoms with Gasteiger partial charge in [0.15, 0.2) is 18.4 Å². The third-order valence-corrected chi connectivity index (χ3v) is 8.38. The van der Waals surface area contributed by atoms with Crippen molar-refractivity contribution in [2.24, 2.45) is 11.3 Å². The van der Waals surface area contributed by atoms with Crippen LogP contribution in [0.1, 0.15) is 53.4 Å². The van der Waals surface area contributed by atoms with E-state index in [0.29, 0.717) is 6.42 Å². The molecule has 0 aromatic carbocycles. The average molecular weight is 534 g/mol. The molecule has 4 heterocycles. The molecule has 9 atom stereocenters. The number of cyclic esters (lactones) is 1. The van der Waals surface area contributed by atoms with Crippen LogP contribution >= 0.6 is 0 Å². The number of rotatable bonds is 6. The summed E-state index contributed by atoms with van der Waals surface area (Å²) in [6, 6.07) is 0. The van der Waals surface area contributed by atoms with Gasteiger partial charge in [0.25, 0.3) is 11.8 Å². The molecule has 0 aromatic heterocycles. The summed E-state index contributed by atoms with van der Waals surface area (Å²) in [5.74, 6) is -6.42. The summed E-state index contributed by atoms with van der Waals surface area (Å²) >= 11 is 0. The summed E-state index contributed by atoms with van der Waals surface area (Å²) in [6.07, 6.45) is -7.50. The van der Waals surface area contributed by atoms with Gasteiger partial charge >= 0.3 is 5.97 Å². The van der Waals surface area contributed by atoms with Crippen LogP contribution in [-0.2, 0) is 38.0 Å². The van der Waals surface area contributed by atoms with Gasteiger partial charge in [0.05, 0.1) is 17.6 Å². The number of fused-ring (bicyclic) bond motifs is 1. The second-order valence-corrected chi connectivity index (χ2v) is 11.0. The maximum Gasteiger partial charge on any atom is 0.306 e. The van der Waals surface area contributed by atoms with Gasteiger partial charge in [-0.2, -0.15) is 0 Å². The number of halogens is 2. The molecule has 4 fully saturated rings. The number of amides is 1. The molecule has 10 nitrogen and oxygen atoms in total. The van der Waals surface area contributed by atoms with Crippen LogP contribution in [0.4, 0.5) is 8.78 Å². The quantitative estimate of drug-likeness (QED) is 0.390. The molecule has 4 aliphatic rings. The number of methoxy groups -OCH3 is 1. The van der Waals surface area contributed by atoms with Crippen molar-refractivity contribution in [3.8, 4) is 0 Å². The maximum atomic E-state index is 15.7. The number of esters is 1. The van der Waals surface area contributed by atoms with Crippen LogP contribution in [0.3, 0.4) is 0 Å². The molecule has 0 bridgehead atoms. The van der Waals surface area contributed by atoms with Gasteiger partial charge in [-0.25, -0.2) is 8.78 Å². The summed E-state index contributed by atoms with van der Waals surface area (Å²) in [5, 5.41) is 13.4. The van der Waals surface area contributed by atoms with Crippen molar-refractivity contribution in [2.75, 3.05) is 13.9 Å². The minimum absolute atomic E-state index is 0.0181. The lowest BCUT2D eigenvalue weighted by molar-refractivity contribution is -0.372. The van der Waals surface area contributed by atoms with Gasteiger partial charge in [0.2, 0.25) is 5.79 Å². The van der Waals surface area contributed by atoms with E-state index in [1.807, 2.05) is 6.92 Å². The highest BCUT2D eigenvalue weighted by Crippen LogP contribution is 2.52. The van der Waals surface area contributed by atoms with E-state index in [-0.39, 0.29) is 37.3 Å². The number of hydrogen-bond donors (Lipinski definition) is 2. The zero-order chi connectivity index (χ0) is 27.3. The molecule has 0 aliphatic carbocycles. The molecule has 0 aromatic rings. The van der Waals surface area contributed by atoms with Crippen LogP contribution in [-0.4, -0.2) is 85.4 Å². The minimum atomic E-state index is -3.38. The summed E-state index contributed by atoms with van der Waals surface area (Å²) in [7, 11) is 1.31. The molecule has 0 saturated carbocycles. The number of alkyl halides is 2. The van der Waals surface area contributed by atoms with Crippen LogP contribution in [0.25, 0.3) is 0 Å². The van der Waals surface area contributed by atoms with E-state index in [9.17, 15) is 14.7 Å². The summed E-state index contributed by atoms with van der Waals surface area (Å²) in [4.78, 5) is 24.7. The van der Waals surface area contributed by atoms with E-state index < -0.39 is 66.6 Å². The summed E-state index contributed by atoms with van der Waals surface area (Å²) in [5.41, 5.74) is -0.930. The van der Waals surface area contributed by atoms with E-state index in [4.69, 9.17) is 28.4 Å². The van der Waals surface area contributed by atoms with Crippen LogP contribution in [0.15, 0.2) is 12.2 Å². The van der Waals surface area contributed by atoms with Gasteiger partial charge in [0, 0.05) is 32.3 Å². The van der Waals surface area contributed by atoms with Gasteiger partial charge in [0.1, 0.15) is 19.0 Å². The monoisotopic (exact) mass is 533 g/mol. The molecule has 0 spiro atoms. The number of carbonyl (C=O) groups is 2. The summed E-state index contributed by atoms with van der Waals surface area (Å²) in [6.45, 7) is 9.93. The second kappa shape index (κ2) is 10.1. The Kier molecular flexibility index (Phi) is 7.75. The fourth-order valence-corrected chi connectivity index (χ4v) is 5.47. The molecule has 0 radical (unpaired) electrons. The van der Waals surface area contributed by atoms with E-state index in [2.05, 4.69) is 11.9 Å². The first-order valence-corrected chi connectivity index (χ1v) is 12.6. The van der Waals surface area contributed by atoms with Crippen molar-refractivity contribution < 1.29 is 51.9 Å². The van der Waals surface area contributed by atoms with Crippen LogP contribution in [0, 0.1) is 11.3 Å². The molecule has 1 amide bonds. The number of aliphatic hydroxyl groups is 1. The first-order chi connectivity index (χ1) is 17.2. The molecule has 4 rings (SSSR count). The molecule has 12 heteroatoms. The molecule has 210 valence electrons. The molecule has 6 unspecified atom stereocenters. The van der Waals surface area contributed by atoms with Crippen LogP contribution in [0.2, 0.25) is 0 Å². The number of nitrogens with one attached hydrogen (secondary N) is 1. The van der Waals surface area contributed by atoms with Crippen LogP contribution < -0.4 is 5.32 Å². The predicted octanol–water partition coefficient (Wildman–Crippen LogP) is 2.03. The second-order valence-electron chi connectivity index (χ2n) is 11.0. The third kappa shape index (κ3) is 4.92. The Morgan fingerprint density at radius 3 is 2.59 bits per heavy atom. The Morgan fingerprint density at radius 2 is 2.00 bits per heavy atom. The van der Waals surface area contributed by atoms with Crippen molar-refractivity contribution in [2.45, 2.75) is 108 Å². The number of aliphatic hydroxyl groups excluding tert-OH is 1. The number of hydrogen-bond acceptors (Lipinski definition) is 9. The van der Waals surface area contributed by atoms with E-state index in [1.165, 1.54) is 21.0 Å².